The summed E-state index contributed by atoms with van der Waals surface area (Å²) in [6.07, 6.45) is 1.56. The van der Waals surface area contributed by atoms with Gasteiger partial charge in [0.15, 0.2) is 0 Å². The van der Waals surface area contributed by atoms with Gasteiger partial charge in [-0.15, -0.1) is 0 Å². The summed E-state index contributed by atoms with van der Waals surface area (Å²) in [5, 5.41) is 0. The van der Waals surface area contributed by atoms with Crippen LogP contribution in [-0.2, 0) is 19.2 Å². The molecule has 2 aliphatic heterocycles. The predicted molar refractivity (Wildman–Crippen MR) is 74.3 cm³/mol. The highest BCUT2D eigenvalue weighted by Gasteiger charge is 2.32. The van der Waals surface area contributed by atoms with Gasteiger partial charge in [-0.05, 0) is 6.42 Å². The third-order valence-electron chi connectivity index (χ3n) is 3.85. The van der Waals surface area contributed by atoms with E-state index in [1.807, 2.05) is 6.92 Å². The summed E-state index contributed by atoms with van der Waals surface area (Å²) in [5.74, 6) is -0.325. The molecule has 3 amide bonds. The predicted octanol–water partition coefficient (Wildman–Crippen LogP) is -0.741. The molecule has 0 radical (unpaired) electrons. The molecule has 0 aromatic rings. The standard InChI is InChI=1S/C14H21N3O4/c1-2-5-16-8-14(21)17(10-13(16)20)9-12(19)15-6-3-11(18)4-7-15/h2-10H2,1H3. The number of likely N-dealkylation sites (tertiary alicyclic amines) is 1. The van der Waals surface area contributed by atoms with Crippen LogP contribution in [0.15, 0.2) is 0 Å². The Morgan fingerprint density at radius 1 is 1.00 bits per heavy atom. The van der Waals surface area contributed by atoms with Crippen LogP contribution in [0.5, 0.6) is 0 Å². The summed E-state index contributed by atoms with van der Waals surface area (Å²) in [5.41, 5.74) is 0. The highest BCUT2D eigenvalue weighted by Crippen LogP contribution is 2.09. The van der Waals surface area contributed by atoms with Crippen LogP contribution >= 0.6 is 0 Å². The van der Waals surface area contributed by atoms with E-state index < -0.39 is 0 Å². The lowest BCUT2D eigenvalue weighted by Crippen LogP contribution is -2.56. The summed E-state index contributed by atoms with van der Waals surface area (Å²) >= 11 is 0. The summed E-state index contributed by atoms with van der Waals surface area (Å²) < 4.78 is 0. The van der Waals surface area contributed by atoms with Crippen molar-refractivity contribution in [3.8, 4) is 0 Å². The lowest BCUT2D eigenvalue weighted by Gasteiger charge is -2.35. The van der Waals surface area contributed by atoms with Crippen LogP contribution in [-0.4, -0.2) is 77.5 Å². The second-order valence-electron chi connectivity index (χ2n) is 5.48. The number of rotatable bonds is 4. The number of piperidine rings is 1. The Morgan fingerprint density at radius 2 is 1.57 bits per heavy atom. The van der Waals surface area contributed by atoms with Gasteiger partial charge in [0.05, 0.1) is 6.54 Å². The third-order valence-corrected chi connectivity index (χ3v) is 3.85. The van der Waals surface area contributed by atoms with Gasteiger partial charge in [0.1, 0.15) is 18.9 Å². The number of hydrogen-bond donors (Lipinski definition) is 0. The average molecular weight is 295 g/mol. The van der Waals surface area contributed by atoms with E-state index in [9.17, 15) is 19.2 Å². The second kappa shape index (κ2) is 6.69. The fraction of sp³-hybridized carbons (Fsp3) is 0.714. The number of carbonyl (C=O) groups excluding carboxylic acids is 4. The molecule has 0 aromatic heterocycles. The molecule has 2 fully saturated rings. The molecule has 0 aliphatic carbocycles. The van der Waals surface area contributed by atoms with Crippen molar-refractivity contribution in [2.45, 2.75) is 26.2 Å². The third kappa shape index (κ3) is 3.80. The van der Waals surface area contributed by atoms with Crippen molar-refractivity contribution >= 4 is 23.5 Å². The van der Waals surface area contributed by atoms with Gasteiger partial charge in [-0.25, -0.2) is 0 Å². The second-order valence-corrected chi connectivity index (χ2v) is 5.48. The fourth-order valence-electron chi connectivity index (χ4n) is 2.59. The molecule has 2 heterocycles. The monoisotopic (exact) mass is 295 g/mol. The Morgan fingerprint density at radius 3 is 2.19 bits per heavy atom. The lowest BCUT2D eigenvalue weighted by atomic mass is 10.1. The summed E-state index contributed by atoms with van der Waals surface area (Å²) in [7, 11) is 0. The Labute approximate surface area is 123 Å². The molecule has 116 valence electrons. The van der Waals surface area contributed by atoms with Gasteiger partial charge < -0.3 is 14.7 Å². The van der Waals surface area contributed by atoms with E-state index in [0.717, 1.165) is 6.42 Å². The smallest absolute Gasteiger partial charge is 0.243 e. The minimum Gasteiger partial charge on any atom is -0.340 e. The normalized spacial score (nSPS) is 20.2. The van der Waals surface area contributed by atoms with Crippen LogP contribution < -0.4 is 0 Å². The maximum atomic E-state index is 12.1. The van der Waals surface area contributed by atoms with Crippen molar-refractivity contribution in [2.75, 3.05) is 39.3 Å². The first-order chi connectivity index (χ1) is 10.0. The maximum absolute atomic E-state index is 12.1. The minimum atomic E-state index is -0.190. The van der Waals surface area contributed by atoms with E-state index in [-0.39, 0.29) is 43.1 Å². The van der Waals surface area contributed by atoms with Gasteiger partial charge in [-0.2, -0.15) is 0 Å². The number of carbonyl (C=O) groups is 4. The first kappa shape index (κ1) is 15.5. The zero-order valence-corrected chi connectivity index (χ0v) is 12.3. The van der Waals surface area contributed by atoms with Crippen molar-refractivity contribution in [3.63, 3.8) is 0 Å². The van der Waals surface area contributed by atoms with Gasteiger partial charge in [-0.1, -0.05) is 6.92 Å². The van der Waals surface area contributed by atoms with Crippen molar-refractivity contribution in [1.29, 1.82) is 0 Å². The highest BCUT2D eigenvalue weighted by atomic mass is 16.2. The summed E-state index contributed by atoms with van der Waals surface area (Å²) in [4.78, 5) is 51.6. The van der Waals surface area contributed by atoms with Gasteiger partial charge >= 0.3 is 0 Å². The van der Waals surface area contributed by atoms with Crippen molar-refractivity contribution in [2.24, 2.45) is 0 Å². The molecule has 0 bridgehead atoms. The van der Waals surface area contributed by atoms with Crippen molar-refractivity contribution < 1.29 is 19.2 Å². The zero-order chi connectivity index (χ0) is 15.4. The number of ketones is 1. The fourth-order valence-corrected chi connectivity index (χ4v) is 2.59. The Balaban J connectivity index is 1.88. The van der Waals surface area contributed by atoms with Gasteiger partial charge in [0.2, 0.25) is 17.7 Å². The summed E-state index contributed by atoms with van der Waals surface area (Å²) in [6, 6.07) is 0. The molecule has 2 rings (SSSR count). The van der Waals surface area contributed by atoms with E-state index in [0.29, 0.717) is 32.5 Å². The Kier molecular flexibility index (Phi) is 4.93. The number of Topliss-reactive ketones (excluding diaryl/α,β-unsaturated/α-hetero) is 1. The molecule has 2 saturated heterocycles. The Hall–Kier alpha value is -1.92. The first-order valence-electron chi connectivity index (χ1n) is 7.36. The highest BCUT2D eigenvalue weighted by molar-refractivity contribution is 5.95. The Bertz CT molecular complexity index is 453. The van der Waals surface area contributed by atoms with Gasteiger partial charge in [0.25, 0.3) is 0 Å². The topological polar surface area (TPSA) is 78.0 Å². The average Bonchev–Trinajstić information content (AvgIpc) is 2.45. The van der Waals surface area contributed by atoms with Crippen LogP contribution in [0.25, 0.3) is 0 Å². The molecule has 2 aliphatic rings. The molecular weight excluding hydrogens is 274 g/mol. The van der Waals surface area contributed by atoms with E-state index in [4.69, 9.17) is 0 Å². The SMILES string of the molecule is CCCN1CC(=O)N(CC(=O)N2CCC(=O)CC2)CC1=O. The maximum Gasteiger partial charge on any atom is 0.243 e. The number of piperazine rings is 1. The van der Waals surface area contributed by atoms with Crippen LogP contribution in [0, 0.1) is 0 Å². The molecule has 0 spiro atoms. The van der Waals surface area contributed by atoms with Gasteiger partial charge in [-0.3, -0.25) is 19.2 Å². The minimum absolute atomic E-state index is 0.0304. The van der Waals surface area contributed by atoms with Crippen molar-refractivity contribution in [1.82, 2.24) is 14.7 Å². The molecule has 0 N–H and O–H groups in total. The quantitative estimate of drug-likeness (QED) is 0.684. The van der Waals surface area contributed by atoms with E-state index >= 15 is 0 Å². The van der Waals surface area contributed by atoms with E-state index in [2.05, 4.69) is 0 Å². The van der Waals surface area contributed by atoms with E-state index in [1.54, 1.807) is 4.90 Å². The van der Waals surface area contributed by atoms with Gasteiger partial charge in [0, 0.05) is 32.5 Å². The molecule has 7 nitrogen and oxygen atoms in total. The first-order valence-corrected chi connectivity index (χ1v) is 7.36. The van der Waals surface area contributed by atoms with Crippen LogP contribution in [0.2, 0.25) is 0 Å². The van der Waals surface area contributed by atoms with Crippen LogP contribution in [0.3, 0.4) is 0 Å². The molecule has 0 aromatic carbocycles. The number of hydrogen-bond acceptors (Lipinski definition) is 4. The lowest BCUT2D eigenvalue weighted by molar-refractivity contribution is -0.153. The molecule has 0 saturated carbocycles. The number of nitrogens with zero attached hydrogens (tertiary/aromatic N) is 3. The largest absolute Gasteiger partial charge is 0.340 e. The number of amides is 3. The molecule has 21 heavy (non-hydrogen) atoms. The molecule has 0 unspecified atom stereocenters. The van der Waals surface area contributed by atoms with Crippen LogP contribution in [0.4, 0.5) is 0 Å². The van der Waals surface area contributed by atoms with Crippen LogP contribution in [0.1, 0.15) is 26.2 Å². The van der Waals surface area contributed by atoms with Crippen molar-refractivity contribution in [3.05, 3.63) is 0 Å². The summed E-state index contributed by atoms with van der Waals surface area (Å²) in [6.45, 7) is 3.30. The van der Waals surface area contributed by atoms with E-state index in [1.165, 1.54) is 9.80 Å². The molecular formula is C14H21N3O4. The zero-order valence-electron chi connectivity index (χ0n) is 12.3. The molecule has 7 heteroatoms. The molecule has 0 atom stereocenters.